The van der Waals surface area contributed by atoms with Crippen LogP contribution in [-0.2, 0) is 0 Å². The van der Waals surface area contributed by atoms with Crippen molar-refractivity contribution in [2.24, 2.45) is 0 Å². The highest BCUT2D eigenvalue weighted by atomic mass is 19.1. The molecule has 0 radical (unpaired) electrons. The Balaban J connectivity index is 2.50. The summed E-state index contributed by atoms with van der Waals surface area (Å²) in [6.45, 7) is 14.7. The van der Waals surface area contributed by atoms with Crippen molar-refractivity contribution >= 4 is 0 Å². The summed E-state index contributed by atoms with van der Waals surface area (Å²) < 4.78 is 15.3. The lowest BCUT2D eigenvalue weighted by Crippen LogP contribution is -2.57. The van der Waals surface area contributed by atoms with Crippen molar-refractivity contribution in [3.8, 4) is 0 Å². The topological polar surface area (TPSA) is 18.5 Å². The normalized spacial score (nSPS) is 19.5. The van der Waals surface area contributed by atoms with E-state index in [9.17, 15) is 0 Å². The van der Waals surface area contributed by atoms with Gasteiger partial charge in [-0.15, -0.1) is 0 Å². The summed E-state index contributed by atoms with van der Waals surface area (Å²) >= 11 is 0. The van der Waals surface area contributed by atoms with Gasteiger partial charge in [0.1, 0.15) is 5.83 Å². The van der Waals surface area contributed by atoms with E-state index in [0.29, 0.717) is 12.5 Å². The van der Waals surface area contributed by atoms with Crippen molar-refractivity contribution in [1.29, 1.82) is 0 Å². The highest BCUT2D eigenvalue weighted by Crippen LogP contribution is 2.39. The third-order valence-electron chi connectivity index (χ3n) is 6.21. The minimum atomic E-state index is -0.0231. The van der Waals surface area contributed by atoms with Crippen LogP contribution in [-0.4, -0.2) is 50.1 Å². The first-order valence-electron chi connectivity index (χ1n) is 10.5. The molecular formula is C24H38FN3. The average molecular weight is 388 g/mol. The van der Waals surface area contributed by atoms with Gasteiger partial charge in [0.2, 0.25) is 0 Å². The molecule has 0 saturated carbocycles. The molecule has 2 aliphatic rings. The second-order valence-electron chi connectivity index (χ2n) is 8.19. The summed E-state index contributed by atoms with van der Waals surface area (Å²) in [5.74, 6) is -0.0231. The van der Waals surface area contributed by atoms with E-state index in [-0.39, 0.29) is 5.83 Å². The first-order valence-corrected chi connectivity index (χ1v) is 10.5. The summed E-state index contributed by atoms with van der Waals surface area (Å²) in [5.41, 5.74) is 7.51. The second-order valence-corrected chi connectivity index (χ2v) is 8.19. The van der Waals surface area contributed by atoms with Crippen molar-refractivity contribution in [2.75, 3.05) is 34.2 Å². The van der Waals surface area contributed by atoms with Crippen LogP contribution in [0.4, 0.5) is 4.39 Å². The zero-order valence-corrected chi connectivity index (χ0v) is 18.9. The third-order valence-corrected chi connectivity index (χ3v) is 6.21. The van der Waals surface area contributed by atoms with Crippen molar-refractivity contribution in [1.82, 2.24) is 15.1 Å². The molecule has 0 aromatic heterocycles. The molecule has 0 bridgehead atoms. The first kappa shape index (κ1) is 22.5. The fourth-order valence-electron chi connectivity index (χ4n) is 3.94. The van der Waals surface area contributed by atoms with E-state index in [2.05, 4.69) is 63.5 Å². The zero-order chi connectivity index (χ0) is 21.0. The van der Waals surface area contributed by atoms with E-state index in [4.69, 9.17) is 0 Å². The molecule has 4 heteroatoms. The van der Waals surface area contributed by atoms with Crippen LogP contribution < -0.4 is 5.32 Å². The van der Waals surface area contributed by atoms with Crippen molar-refractivity contribution < 1.29 is 4.39 Å². The quantitative estimate of drug-likeness (QED) is 0.569. The standard InChI is InChI=1S/C24H38FN3/c1-9-11-21-23(26-6)20(18(5)17(4)16(3)10-2)12-13-22(25)24(21)28-14-19(15-28)27(7)8/h12,19,26H,5,9-11,13-15H2,1-4,6-8H3/b17-16-. The van der Waals surface area contributed by atoms with Gasteiger partial charge in [0.05, 0.1) is 5.70 Å². The predicted molar refractivity (Wildman–Crippen MR) is 119 cm³/mol. The van der Waals surface area contributed by atoms with Crippen LogP contribution in [0, 0.1) is 0 Å². The SMILES string of the molecule is C=C(C1=CCC(F)=C(N2CC(N(C)C)C2)C(CCC)=C1NC)/C(C)=C(/C)CC. The van der Waals surface area contributed by atoms with Gasteiger partial charge in [-0.1, -0.05) is 38.5 Å². The highest BCUT2D eigenvalue weighted by molar-refractivity contribution is 5.60. The summed E-state index contributed by atoms with van der Waals surface area (Å²) in [5, 5.41) is 3.40. The maximum Gasteiger partial charge on any atom is 0.127 e. The molecule has 156 valence electrons. The predicted octanol–water partition coefficient (Wildman–Crippen LogP) is 5.32. The third kappa shape index (κ3) is 4.43. The van der Waals surface area contributed by atoms with Gasteiger partial charge in [0.15, 0.2) is 0 Å². The summed E-state index contributed by atoms with van der Waals surface area (Å²) in [7, 11) is 6.13. The van der Waals surface area contributed by atoms with Gasteiger partial charge in [-0.05, 0) is 51.9 Å². The molecule has 0 aromatic carbocycles. The Kier molecular flexibility index (Phi) is 7.70. The van der Waals surface area contributed by atoms with E-state index in [1.807, 2.05) is 13.1 Å². The molecule has 28 heavy (non-hydrogen) atoms. The molecule has 0 aromatic rings. The van der Waals surface area contributed by atoms with Gasteiger partial charge in [-0.2, -0.15) is 0 Å². The van der Waals surface area contributed by atoms with Gasteiger partial charge in [-0.3, -0.25) is 0 Å². The van der Waals surface area contributed by atoms with Crippen molar-refractivity contribution in [3.63, 3.8) is 0 Å². The van der Waals surface area contributed by atoms with Crippen LogP contribution in [0.2, 0.25) is 0 Å². The molecule has 1 heterocycles. The summed E-state index contributed by atoms with van der Waals surface area (Å²) in [6.07, 6.45) is 5.16. The van der Waals surface area contributed by atoms with Crippen LogP contribution in [0.5, 0.6) is 0 Å². The number of halogens is 1. The Morgan fingerprint density at radius 1 is 1.29 bits per heavy atom. The maximum atomic E-state index is 15.3. The van der Waals surface area contributed by atoms with Gasteiger partial charge in [0, 0.05) is 49.4 Å². The highest BCUT2D eigenvalue weighted by Gasteiger charge is 2.35. The van der Waals surface area contributed by atoms with Crippen molar-refractivity contribution in [2.45, 2.75) is 59.4 Å². The van der Waals surface area contributed by atoms with Gasteiger partial charge >= 0.3 is 0 Å². The summed E-state index contributed by atoms with van der Waals surface area (Å²) in [6, 6.07) is 0.490. The maximum absolute atomic E-state index is 15.3. The Hall–Kier alpha value is -1.81. The fraction of sp³-hybridized carbons (Fsp3) is 0.583. The van der Waals surface area contributed by atoms with Gasteiger partial charge < -0.3 is 15.1 Å². The number of rotatable bonds is 8. The molecule has 1 saturated heterocycles. The lowest BCUT2D eigenvalue weighted by Gasteiger charge is -2.46. The number of hydrogen-bond donors (Lipinski definition) is 1. The molecule has 2 rings (SSSR count). The van der Waals surface area contributed by atoms with E-state index in [1.165, 1.54) is 11.1 Å². The molecule has 1 aliphatic heterocycles. The van der Waals surface area contributed by atoms with Crippen LogP contribution in [0.25, 0.3) is 0 Å². The Labute approximate surface area is 171 Å². The molecule has 0 atom stereocenters. The Morgan fingerprint density at radius 2 is 1.93 bits per heavy atom. The minimum Gasteiger partial charge on any atom is -0.387 e. The van der Waals surface area contributed by atoms with Crippen LogP contribution in [0.1, 0.15) is 53.4 Å². The smallest absolute Gasteiger partial charge is 0.127 e. The number of nitrogens with zero attached hydrogens (tertiary/aromatic N) is 2. The lowest BCUT2D eigenvalue weighted by atomic mass is 9.90. The summed E-state index contributed by atoms with van der Waals surface area (Å²) in [4.78, 5) is 4.43. The van der Waals surface area contributed by atoms with E-state index < -0.39 is 0 Å². The van der Waals surface area contributed by atoms with E-state index in [0.717, 1.165) is 60.5 Å². The lowest BCUT2D eigenvalue weighted by molar-refractivity contribution is 0.0928. The fourth-order valence-corrected chi connectivity index (χ4v) is 3.94. The zero-order valence-electron chi connectivity index (χ0n) is 18.9. The van der Waals surface area contributed by atoms with E-state index >= 15 is 4.39 Å². The van der Waals surface area contributed by atoms with E-state index in [1.54, 1.807) is 0 Å². The largest absolute Gasteiger partial charge is 0.387 e. The molecule has 0 spiro atoms. The Bertz CT molecular complexity index is 731. The number of nitrogens with one attached hydrogen (secondary N) is 1. The molecule has 0 unspecified atom stereocenters. The van der Waals surface area contributed by atoms with Crippen LogP contribution >= 0.6 is 0 Å². The molecule has 3 nitrogen and oxygen atoms in total. The van der Waals surface area contributed by atoms with Crippen molar-refractivity contribution in [3.05, 3.63) is 57.7 Å². The monoisotopic (exact) mass is 387 g/mol. The Morgan fingerprint density at radius 3 is 2.43 bits per heavy atom. The van der Waals surface area contributed by atoms with Crippen LogP contribution in [0.15, 0.2) is 57.7 Å². The van der Waals surface area contributed by atoms with Gasteiger partial charge in [-0.25, -0.2) is 4.39 Å². The molecular weight excluding hydrogens is 349 g/mol. The average Bonchev–Trinajstić information content (AvgIpc) is 2.76. The number of likely N-dealkylation sites (tertiary alicyclic amines) is 1. The molecule has 0 amide bonds. The minimum absolute atomic E-state index is 0.0231. The first-order chi connectivity index (χ1) is 13.3. The number of hydrogen-bond acceptors (Lipinski definition) is 3. The second kappa shape index (κ2) is 9.60. The number of allylic oxidation sites excluding steroid dienone is 6. The molecule has 1 aliphatic carbocycles. The molecule has 1 N–H and O–H groups in total. The van der Waals surface area contributed by atoms with Gasteiger partial charge in [0.25, 0.3) is 0 Å². The van der Waals surface area contributed by atoms with Crippen LogP contribution in [0.3, 0.4) is 0 Å². The number of likely N-dealkylation sites (N-methyl/N-ethyl adjacent to an activating group) is 2. The molecule has 1 fully saturated rings.